The van der Waals surface area contributed by atoms with Gasteiger partial charge in [0.1, 0.15) is 0 Å². The van der Waals surface area contributed by atoms with Crippen LogP contribution in [0.5, 0.6) is 0 Å². The average molecular weight is 272 g/mol. The minimum atomic E-state index is 0.115. The Morgan fingerprint density at radius 2 is 2.05 bits per heavy atom. The Bertz CT molecular complexity index is 536. The number of nitrogens with zero attached hydrogens (tertiary/aromatic N) is 3. The summed E-state index contributed by atoms with van der Waals surface area (Å²) in [5.74, 6) is 0.727. The van der Waals surface area contributed by atoms with E-state index in [2.05, 4.69) is 9.89 Å². The molecule has 3 rings (SSSR count). The van der Waals surface area contributed by atoms with E-state index >= 15 is 0 Å². The number of guanidine groups is 1. The first kappa shape index (κ1) is 13.0. The van der Waals surface area contributed by atoms with Crippen molar-refractivity contribution in [2.45, 2.75) is 12.8 Å². The highest BCUT2D eigenvalue weighted by Gasteiger charge is 2.23. The fourth-order valence-corrected chi connectivity index (χ4v) is 2.62. The van der Waals surface area contributed by atoms with E-state index in [-0.39, 0.29) is 5.91 Å². The van der Waals surface area contributed by atoms with Gasteiger partial charge in [-0.15, -0.1) is 0 Å². The maximum atomic E-state index is 12.3. The molecule has 2 aliphatic rings. The molecule has 0 spiro atoms. The van der Waals surface area contributed by atoms with Gasteiger partial charge in [-0.1, -0.05) is 18.2 Å². The Morgan fingerprint density at radius 3 is 2.80 bits per heavy atom. The maximum absolute atomic E-state index is 12.3. The van der Waals surface area contributed by atoms with Gasteiger partial charge in [-0.05, 0) is 24.5 Å². The van der Waals surface area contributed by atoms with Gasteiger partial charge >= 0.3 is 0 Å². The lowest BCUT2D eigenvalue weighted by Gasteiger charge is -2.32. The molecule has 0 aliphatic carbocycles. The summed E-state index contributed by atoms with van der Waals surface area (Å²) in [6, 6.07) is 7.84. The van der Waals surface area contributed by atoms with Crippen LogP contribution in [0.25, 0.3) is 0 Å². The van der Waals surface area contributed by atoms with Crippen molar-refractivity contribution in [1.29, 1.82) is 0 Å². The summed E-state index contributed by atoms with van der Waals surface area (Å²) in [5, 5.41) is 0. The summed E-state index contributed by atoms with van der Waals surface area (Å²) < 4.78 is 0. The van der Waals surface area contributed by atoms with Crippen LogP contribution in [-0.4, -0.2) is 54.4 Å². The molecule has 1 saturated heterocycles. The van der Waals surface area contributed by atoms with Crippen LogP contribution in [0.2, 0.25) is 0 Å². The van der Waals surface area contributed by atoms with Crippen LogP contribution in [0.1, 0.15) is 22.3 Å². The number of benzene rings is 1. The zero-order valence-corrected chi connectivity index (χ0v) is 11.6. The third-order valence-corrected chi connectivity index (χ3v) is 4.01. The van der Waals surface area contributed by atoms with Gasteiger partial charge in [-0.3, -0.25) is 9.79 Å². The lowest BCUT2D eigenvalue weighted by atomic mass is 9.99. The Hall–Kier alpha value is -2.04. The summed E-state index contributed by atoms with van der Waals surface area (Å²) in [4.78, 5) is 20.6. The molecule has 0 atom stereocenters. The molecule has 1 amide bonds. The maximum Gasteiger partial charge on any atom is 0.254 e. The highest BCUT2D eigenvalue weighted by molar-refractivity contribution is 5.96. The Labute approximate surface area is 119 Å². The zero-order chi connectivity index (χ0) is 13.9. The average Bonchev–Trinajstić information content (AvgIpc) is 2.40. The monoisotopic (exact) mass is 272 g/mol. The molecular weight excluding hydrogens is 252 g/mol. The molecule has 20 heavy (non-hydrogen) atoms. The van der Waals surface area contributed by atoms with Crippen LogP contribution in [-0.2, 0) is 6.42 Å². The topological polar surface area (TPSA) is 61.9 Å². The quantitative estimate of drug-likeness (QED) is 0.651. The number of carbonyl (C=O) groups is 1. The molecule has 0 bridgehead atoms. The van der Waals surface area contributed by atoms with Crippen LogP contribution >= 0.6 is 0 Å². The SMILES string of the molecule is NC(=NCCN1CCc2ccccc2C1=O)N1CCC1. The van der Waals surface area contributed by atoms with E-state index in [9.17, 15) is 4.79 Å². The number of nitrogens with two attached hydrogens (primary N) is 1. The Morgan fingerprint density at radius 1 is 1.25 bits per heavy atom. The summed E-state index contributed by atoms with van der Waals surface area (Å²) in [5.41, 5.74) is 7.86. The molecule has 5 heteroatoms. The van der Waals surface area contributed by atoms with Gasteiger partial charge in [0, 0.05) is 31.7 Å². The van der Waals surface area contributed by atoms with Crippen molar-refractivity contribution in [3.8, 4) is 0 Å². The number of likely N-dealkylation sites (tertiary alicyclic amines) is 1. The first-order chi connectivity index (χ1) is 9.75. The number of rotatable bonds is 3. The molecule has 0 aromatic heterocycles. The fraction of sp³-hybridized carbons (Fsp3) is 0.467. The van der Waals surface area contributed by atoms with Crippen molar-refractivity contribution in [2.75, 3.05) is 32.7 Å². The highest BCUT2D eigenvalue weighted by Crippen LogP contribution is 2.18. The molecule has 2 N–H and O–H groups in total. The van der Waals surface area contributed by atoms with Crippen molar-refractivity contribution < 1.29 is 4.79 Å². The number of hydrogen-bond donors (Lipinski definition) is 1. The second-order valence-corrected chi connectivity index (χ2v) is 5.28. The number of aliphatic imine (C=N–C) groups is 1. The molecular formula is C15H20N4O. The summed E-state index contributed by atoms with van der Waals surface area (Å²) in [7, 11) is 0. The second kappa shape index (κ2) is 5.53. The standard InChI is InChI=1S/C15H20N4O/c16-15(19-8-3-9-19)17-7-11-18-10-6-12-4-1-2-5-13(12)14(18)20/h1-2,4-5H,3,6-11H2,(H2,16,17). The molecule has 5 nitrogen and oxygen atoms in total. The molecule has 106 valence electrons. The Kier molecular flexibility index (Phi) is 3.58. The second-order valence-electron chi connectivity index (χ2n) is 5.28. The number of fused-ring (bicyclic) bond motifs is 1. The van der Waals surface area contributed by atoms with Crippen LogP contribution in [0.4, 0.5) is 0 Å². The molecule has 2 aliphatic heterocycles. The minimum absolute atomic E-state index is 0.115. The van der Waals surface area contributed by atoms with Crippen molar-refractivity contribution >= 4 is 11.9 Å². The summed E-state index contributed by atoms with van der Waals surface area (Å²) in [6.07, 6.45) is 2.12. The van der Waals surface area contributed by atoms with E-state index < -0.39 is 0 Å². The minimum Gasteiger partial charge on any atom is -0.370 e. The third-order valence-electron chi connectivity index (χ3n) is 4.01. The molecule has 1 aromatic rings. The largest absolute Gasteiger partial charge is 0.370 e. The number of amides is 1. The van der Waals surface area contributed by atoms with Gasteiger partial charge in [-0.2, -0.15) is 0 Å². The van der Waals surface area contributed by atoms with Gasteiger partial charge in [0.2, 0.25) is 0 Å². The van der Waals surface area contributed by atoms with Crippen LogP contribution < -0.4 is 5.73 Å². The number of hydrogen-bond acceptors (Lipinski definition) is 2. The first-order valence-electron chi connectivity index (χ1n) is 7.18. The first-order valence-corrected chi connectivity index (χ1v) is 7.18. The van der Waals surface area contributed by atoms with Gasteiger partial charge in [0.05, 0.1) is 6.54 Å². The normalized spacial score (nSPS) is 18.8. The lowest BCUT2D eigenvalue weighted by Crippen LogP contribution is -2.47. The lowest BCUT2D eigenvalue weighted by molar-refractivity contribution is 0.0745. The van der Waals surface area contributed by atoms with Crippen LogP contribution in [0.15, 0.2) is 29.3 Å². The van der Waals surface area contributed by atoms with Crippen molar-refractivity contribution in [2.24, 2.45) is 10.7 Å². The van der Waals surface area contributed by atoms with Crippen molar-refractivity contribution in [1.82, 2.24) is 9.80 Å². The van der Waals surface area contributed by atoms with Crippen LogP contribution in [0.3, 0.4) is 0 Å². The molecule has 0 unspecified atom stereocenters. The zero-order valence-electron chi connectivity index (χ0n) is 11.6. The predicted octanol–water partition coefficient (Wildman–Crippen LogP) is 0.705. The Balaban J connectivity index is 1.58. The van der Waals surface area contributed by atoms with E-state index in [1.54, 1.807) is 0 Å². The predicted molar refractivity (Wildman–Crippen MR) is 78.7 cm³/mol. The van der Waals surface area contributed by atoms with Gasteiger partial charge in [-0.25, -0.2) is 0 Å². The molecule has 0 radical (unpaired) electrons. The van der Waals surface area contributed by atoms with E-state index in [4.69, 9.17) is 5.73 Å². The highest BCUT2D eigenvalue weighted by atomic mass is 16.2. The molecule has 0 saturated carbocycles. The van der Waals surface area contributed by atoms with Gasteiger partial charge in [0.15, 0.2) is 5.96 Å². The molecule has 2 heterocycles. The van der Waals surface area contributed by atoms with Crippen molar-refractivity contribution in [3.05, 3.63) is 35.4 Å². The van der Waals surface area contributed by atoms with Crippen LogP contribution in [0, 0.1) is 0 Å². The van der Waals surface area contributed by atoms with E-state index in [1.807, 2.05) is 29.2 Å². The third kappa shape index (κ3) is 2.48. The summed E-state index contributed by atoms with van der Waals surface area (Å²) in [6.45, 7) is 4.00. The van der Waals surface area contributed by atoms with E-state index in [1.165, 1.54) is 6.42 Å². The summed E-state index contributed by atoms with van der Waals surface area (Å²) >= 11 is 0. The smallest absolute Gasteiger partial charge is 0.254 e. The van der Waals surface area contributed by atoms with Gasteiger partial charge < -0.3 is 15.5 Å². The number of carbonyl (C=O) groups excluding carboxylic acids is 1. The van der Waals surface area contributed by atoms with E-state index in [0.717, 1.165) is 37.2 Å². The van der Waals surface area contributed by atoms with Gasteiger partial charge in [0.25, 0.3) is 5.91 Å². The van der Waals surface area contributed by atoms with E-state index in [0.29, 0.717) is 19.0 Å². The molecule has 1 fully saturated rings. The molecule has 1 aromatic carbocycles. The van der Waals surface area contributed by atoms with Crippen molar-refractivity contribution in [3.63, 3.8) is 0 Å². The fourth-order valence-electron chi connectivity index (χ4n) is 2.62.